The lowest BCUT2D eigenvalue weighted by Gasteiger charge is -2.28. The lowest BCUT2D eigenvalue weighted by molar-refractivity contribution is -0.138. The first-order valence-electron chi connectivity index (χ1n) is 6.90. The maximum Gasteiger partial charge on any atom is 0.323 e. The summed E-state index contributed by atoms with van der Waals surface area (Å²) in [6.07, 6.45) is 5.37. The van der Waals surface area contributed by atoms with Crippen molar-refractivity contribution in [2.45, 2.75) is 44.7 Å². The third-order valence-electron chi connectivity index (χ3n) is 3.64. The summed E-state index contributed by atoms with van der Waals surface area (Å²) in [5.41, 5.74) is 0. The Morgan fingerprint density at radius 2 is 2.20 bits per heavy atom. The maximum absolute atomic E-state index is 12.3. The average Bonchev–Trinajstić information content (AvgIpc) is 3.08. The minimum Gasteiger partial charge on any atom is -0.480 e. The Hall–Kier alpha value is -1.98. The molecule has 0 saturated heterocycles. The molecule has 1 aliphatic carbocycles. The monoisotopic (exact) mass is 280 g/mol. The van der Waals surface area contributed by atoms with Crippen LogP contribution in [0.15, 0.2) is 22.8 Å². The van der Waals surface area contributed by atoms with Crippen molar-refractivity contribution in [2.75, 3.05) is 6.54 Å². The van der Waals surface area contributed by atoms with Crippen LogP contribution in [0.5, 0.6) is 0 Å². The molecule has 1 aromatic rings. The van der Waals surface area contributed by atoms with Gasteiger partial charge in [0.1, 0.15) is 12.3 Å². The summed E-state index contributed by atoms with van der Waals surface area (Å²) in [5.74, 6) is -0.335. The van der Waals surface area contributed by atoms with Crippen LogP contribution in [0.2, 0.25) is 0 Å². The van der Waals surface area contributed by atoms with Gasteiger partial charge in [0.15, 0.2) is 0 Å². The van der Waals surface area contributed by atoms with Gasteiger partial charge in [-0.15, -0.1) is 0 Å². The smallest absolute Gasteiger partial charge is 0.323 e. The van der Waals surface area contributed by atoms with Gasteiger partial charge >= 0.3 is 12.0 Å². The maximum atomic E-state index is 12.3. The molecule has 1 saturated carbocycles. The second-order valence-electron chi connectivity index (χ2n) is 5.15. The van der Waals surface area contributed by atoms with E-state index in [0.717, 1.165) is 25.7 Å². The molecule has 1 unspecified atom stereocenters. The molecule has 110 valence electrons. The second-order valence-corrected chi connectivity index (χ2v) is 5.15. The molecule has 6 nitrogen and oxygen atoms in total. The van der Waals surface area contributed by atoms with E-state index in [4.69, 9.17) is 9.52 Å². The zero-order valence-corrected chi connectivity index (χ0v) is 11.5. The highest BCUT2D eigenvalue weighted by atomic mass is 16.4. The van der Waals surface area contributed by atoms with Crippen LogP contribution in [0.1, 0.15) is 44.4 Å². The third kappa shape index (κ3) is 3.53. The van der Waals surface area contributed by atoms with Gasteiger partial charge in [0.05, 0.1) is 12.3 Å². The number of nitrogens with one attached hydrogen (secondary N) is 1. The fraction of sp³-hybridized carbons (Fsp3) is 0.571. The summed E-state index contributed by atoms with van der Waals surface area (Å²) in [7, 11) is 0. The first kappa shape index (κ1) is 14.4. The molecule has 1 aliphatic rings. The van der Waals surface area contributed by atoms with Crippen molar-refractivity contribution in [3.05, 3.63) is 24.2 Å². The SMILES string of the molecule is CC(NC(=O)N(CC(=O)O)C1CCCC1)c1ccco1. The number of urea groups is 1. The van der Waals surface area contributed by atoms with E-state index >= 15 is 0 Å². The van der Waals surface area contributed by atoms with Crippen LogP contribution < -0.4 is 5.32 Å². The fourth-order valence-electron chi connectivity index (χ4n) is 2.61. The van der Waals surface area contributed by atoms with Crippen molar-refractivity contribution in [3.63, 3.8) is 0 Å². The molecule has 2 amide bonds. The lowest BCUT2D eigenvalue weighted by atomic mass is 10.2. The summed E-state index contributed by atoms with van der Waals surface area (Å²) in [6.45, 7) is 1.55. The van der Waals surface area contributed by atoms with Crippen LogP contribution in [0.4, 0.5) is 4.79 Å². The van der Waals surface area contributed by atoms with Gasteiger partial charge in [0.2, 0.25) is 0 Å². The molecule has 1 aromatic heterocycles. The van der Waals surface area contributed by atoms with Gasteiger partial charge in [-0.05, 0) is 31.9 Å². The Bertz CT molecular complexity index is 452. The van der Waals surface area contributed by atoms with E-state index < -0.39 is 5.97 Å². The lowest BCUT2D eigenvalue weighted by Crippen LogP contribution is -2.48. The van der Waals surface area contributed by atoms with E-state index in [1.165, 1.54) is 4.90 Å². The molecular weight excluding hydrogens is 260 g/mol. The van der Waals surface area contributed by atoms with Gasteiger partial charge < -0.3 is 19.7 Å². The number of rotatable bonds is 5. The van der Waals surface area contributed by atoms with Gasteiger partial charge in [-0.3, -0.25) is 4.79 Å². The highest BCUT2D eigenvalue weighted by molar-refractivity contribution is 5.80. The van der Waals surface area contributed by atoms with Gasteiger partial charge in [0.25, 0.3) is 0 Å². The molecule has 2 rings (SSSR count). The van der Waals surface area contributed by atoms with Crippen molar-refractivity contribution in [1.29, 1.82) is 0 Å². The zero-order chi connectivity index (χ0) is 14.5. The second kappa shape index (κ2) is 6.45. The van der Waals surface area contributed by atoms with Crippen molar-refractivity contribution >= 4 is 12.0 Å². The fourth-order valence-corrected chi connectivity index (χ4v) is 2.61. The number of hydrogen-bond donors (Lipinski definition) is 2. The number of carboxylic acid groups (broad SMARTS) is 1. The van der Waals surface area contributed by atoms with Gasteiger partial charge in [-0.25, -0.2) is 4.79 Å². The summed E-state index contributed by atoms with van der Waals surface area (Å²) >= 11 is 0. The zero-order valence-electron chi connectivity index (χ0n) is 11.5. The molecule has 0 spiro atoms. The van der Waals surface area contributed by atoms with Crippen molar-refractivity contribution in [1.82, 2.24) is 10.2 Å². The van der Waals surface area contributed by atoms with Gasteiger partial charge in [-0.1, -0.05) is 12.8 Å². The first-order valence-corrected chi connectivity index (χ1v) is 6.90. The summed E-state index contributed by atoms with van der Waals surface area (Å²) < 4.78 is 5.23. The topological polar surface area (TPSA) is 82.8 Å². The Kier molecular flexibility index (Phi) is 4.65. The van der Waals surface area contributed by atoms with E-state index in [1.54, 1.807) is 18.4 Å². The Morgan fingerprint density at radius 1 is 1.50 bits per heavy atom. The number of nitrogens with zero attached hydrogens (tertiary/aromatic N) is 1. The Balaban J connectivity index is 2.00. The molecule has 0 aromatic carbocycles. The molecule has 0 aliphatic heterocycles. The minimum absolute atomic E-state index is 0.0231. The molecule has 1 atom stereocenters. The van der Waals surface area contributed by atoms with Crippen LogP contribution in [0.3, 0.4) is 0 Å². The molecular formula is C14H20N2O4. The molecule has 20 heavy (non-hydrogen) atoms. The molecule has 0 radical (unpaired) electrons. The van der Waals surface area contributed by atoms with Crippen LogP contribution >= 0.6 is 0 Å². The van der Waals surface area contributed by atoms with Gasteiger partial charge in [0, 0.05) is 6.04 Å². The molecule has 2 N–H and O–H groups in total. The van der Waals surface area contributed by atoms with E-state index in [0.29, 0.717) is 5.76 Å². The minimum atomic E-state index is -0.988. The van der Waals surface area contributed by atoms with E-state index in [1.807, 2.05) is 6.92 Å². The number of furan rings is 1. The van der Waals surface area contributed by atoms with Crippen LogP contribution in [-0.2, 0) is 4.79 Å². The largest absolute Gasteiger partial charge is 0.480 e. The van der Waals surface area contributed by atoms with Gasteiger partial charge in [-0.2, -0.15) is 0 Å². The van der Waals surface area contributed by atoms with Crippen molar-refractivity contribution < 1.29 is 19.1 Å². The quantitative estimate of drug-likeness (QED) is 0.867. The van der Waals surface area contributed by atoms with E-state index in [-0.39, 0.29) is 24.7 Å². The molecule has 1 fully saturated rings. The molecule has 6 heteroatoms. The van der Waals surface area contributed by atoms with Crippen molar-refractivity contribution in [2.24, 2.45) is 0 Å². The number of amides is 2. The summed E-state index contributed by atoms with van der Waals surface area (Å²) in [6, 6.07) is 2.93. The number of aliphatic carboxylic acids is 1. The third-order valence-corrected chi connectivity index (χ3v) is 3.64. The molecule has 0 bridgehead atoms. The van der Waals surface area contributed by atoms with Crippen LogP contribution in [0.25, 0.3) is 0 Å². The summed E-state index contributed by atoms with van der Waals surface area (Å²) in [5, 5.41) is 11.8. The highest BCUT2D eigenvalue weighted by Crippen LogP contribution is 2.24. The predicted octanol–water partition coefficient (Wildman–Crippen LogP) is 2.38. The average molecular weight is 280 g/mol. The number of carbonyl (C=O) groups excluding carboxylic acids is 1. The number of hydrogen-bond acceptors (Lipinski definition) is 3. The Morgan fingerprint density at radius 3 is 2.75 bits per heavy atom. The first-order chi connectivity index (χ1) is 9.58. The number of carboxylic acids is 1. The molecule has 1 heterocycles. The van der Waals surface area contributed by atoms with E-state index in [2.05, 4.69) is 5.32 Å². The van der Waals surface area contributed by atoms with Crippen LogP contribution in [-0.4, -0.2) is 34.6 Å². The number of carbonyl (C=O) groups is 2. The van der Waals surface area contributed by atoms with Crippen molar-refractivity contribution in [3.8, 4) is 0 Å². The predicted molar refractivity (Wildman–Crippen MR) is 72.3 cm³/mol. The highest BCUT2D eigenvalue weighted by Gasteiger charge is 2.29. The van der Waals surface area contributed by atoms with Crippen LogP contribution in [0, 0.1) is 0 Å². The van der Waals surface area contributed by atoms with E-state index in [9.17, 15) is 9.59 Å². The summed E-state index contributed by atoms with van der Waals surface area (Å²) in [4.78, 5) is 24.7. The Labute approximate surface area is 117 Å². The normalized spacial score (nSPS) is 16.9. The standard InChI is InChI=1S/C14H20N2O4/c1-10(12-7-4-8-20-12)15-14(19)16(9-13(17)18)11-5-2-3-6-11/h4,7-8,10-11H,2-3,5-6,9H2,1H3,(H,15,19)(H,17,18).